The van der Waals surface area contributed by atoms with Crippen molar-refractivity contribution in [3.8, 4) is 0 Å². The number of fused-ring (bicyclic) bond motifs is 1. The van der Waals surface area contributed by atoms with E-state index in [0.29, 0.717) is 4.90 Å². The zero-order chi connectivity index (χ0) is 13.3. The Morgan fingerprint density at radius 1 is 1.00 bits per heavy atom. The minimum Gasteiger partial charge on any atom is -0.377 e. The van der Waals surface area contributed by atoms with E-state index < -0.39 is 9.84 Å². The van der Waals surface area contributed by atoms with Crippen molar-refractivity contribution in [1.82, 2.24) is 12.3 Å². The molecular formula is C14H21N3O2S. The molecule has 0 aromatic heterocycles. The normalized spacial score (nSPS) is 10.3. The lowest BCUT2D eigenvalue weighted by atomic mass is 10.1. The molecule has 2 rings (SSSR count). The Hall–Kier alpha value is -1.89. The molecule has 2 aromatic rings. The minimum atomic E-state index is -3.42. The predicted molar refractivity (Wildman–Crippen MR) is 85.7 cm³/mol. The Labute approximate surface area is 120 Å². The maximum atomic E-state index is 12.0. The van der Waals surface area contributed by atoms with E-state index in [9.17, 15) is 8.42 Å². The summed E-state index contributed by atoms with van der Waals surface area (Å²) in [4.78, 5) is 2.27. The fraction of sp³-hybridized carbons (Fsp3) is 0.143. The van der Waals surface area contributed by atoms with Gasteiger partial charge in [0.1, 0.15) is 0 Å². The molecular weight excluding hydrogens is 274 g/mol. The Morgan fingerprint density at radius 2 is 1.55 bits per heavy atom. The summed E-state index contributed by atoms with van der Waals surface area (Å²) in [7, 11) is 0.446. The van der Waals surface area contributed by atoms with E-state index in [1.807, 2.05) is 43.3 Å². The van der Waals surface area contributed by atoms with Crippen LogP contribution in [0.3, 0.4) is 0 Å². The van der Waals surface area contributed by atoms with Crippen molar-refractivity contribution in [3.05, 3.63) is 48.4 Å². The van der Waals surface area contributed by atoms with Crippen LogP contribution in [-0.2, 0) is 9.84 Å². The van der Waals surface area contributed by atoms with Crippen LogP contribution < -0.4 is 17.2 Å². The second kappa shape index (κ2) is 6.51. The summed E-state index contributed by atoms with van der Waals surface area (Å²) in [5.74, 6) is 0. The van der Waals surface area contributed by atoms with Crippen LogP contribution in [0.25, 0.3) is 10.8 Å². The summed E-state index contributed by atoms with van der Waals surface area (Å²) < 4.78 is 23.9. The summed E-state index contributed by atoms with van der Waals surface area (Å²) in [5.41, 5.74) is 0.994. The molecule has 0 aliphatic rings. The first-order chi connectivity index (χ1) is 8.47. The molecule has 0 heterocycles. The summed E-state index contributed by atoms with van der Waals surface area (Å²) in [6.45, 7) is 3.37. The smallest absolute Gasteiger partial charge is 0.199 e. The number of benzene rings is 2. The van der Waals surface area contributed by atoms with Crippen LogP contribution in [0.4, 0.5) is 5.69 Å². The molecule has 0 saturated heterocycles. The number of sulfone groups is 1. The third kappa shape index (κ3) is 2.98. The van der Waals surface area contributed by atoms with Crippen molar-refractivity contribution in [1.29, 1.82) is 0 Å². The lowest BCUT2D eigenvalue weighted by Crippen LogP contribution is -2.09. The zero-order valence-corrected chi connectivity index (χ0v) is 12.7. The monoisotopic (exact) mass is 295 g/mol. The lowest BCUT2D eigenvalue weighted by molar-refractivity contribution is 0.605. The molecule has 0 amide bonds. The van der Waals surface area contributed by atoms with Crippen molar-refractivity contribution in [2.24, 2.45) is 0 Å². The van der Waals surface area contributed by atoms with E-state index in [2.05, 4.69) is 6.58 Å². The first kappa shape index (κ1) is 18.1. The maximum Gasteiger partial charge on any atom is 0.199 e. The average molecular weight is 295 g/mol. The Balaban J connectivity index is 0.00000180. The minimum absolute atomic E-state index is 0. The van der Waals surface area contributed by atoms with E-state index in [4.69, 9.17) is 0 Å². The third-order valence-corrected chi connectivity index (χ3v) is 4.27. The van der Waals surface area contributed by atoms with Crippen molar-refractivity contribution < 1.29 is 8.42 Å². The largest absolute Gasteiger partial charge is 0.377 e. The van der Waals surface area contributed by atoms with Gasteiger partial charge in [-0.25, -0.2) is 8.42 Å². The first-order valence-corrected chi connectivity index (χ1v) is 7.08. The molecule has 6 N–H and O–H groups in total. The lowest BCUT2D eigenvalue weighted by Gasteiger charge is -2.16. The fourth-order valence-corrected chi connectivity index (χ4v) is 2.92. The molecule has 6 heteroatoms. The summed E-state index contributed by atoms with van der Waals surface area (Å²) in [5, 5.41) is 2.64. The van der Waals surface area contributed by atoms with Crippen molar-refractivity contribution in [3.63, 3.8) is 0 Å². The Bertz CT molecular complexity index is 709. The second-order valence-electron chi connectivity index (χ2n) is 4.23. The van der Waals surface area contributed by atoms with Gasteiger partial charge in [-0.1, -0.05) is 30.8 Å². The first-order valence-electron chi connectivity index (χ1n) is 5.54. The van der Waals surface area contributed by atoms with Gasteiger partial charge < -0.3 is 17.2 Å². The molecule has 0 saturated carbocycles. The molecule has 0 spiro atoms. The molecule has 0 unspecified atom stereocenters. The number of nitrogens with zero attached hydrogens (tertiary/aromatic N) is 1. The standard InChI is InChI=1S/C14H15NO2S.2H3N/c1-4-18(16,17)14-10-6-7-11-12(14)8-5-9-13(11)15(2)3;;/h4-10H,1H2,2-3H3;2*1H3. The Morgan fingerprint density at radius 3 is 2.10 bits per heavy atom. The van der Waals surface area contributed by atoms with Gasteiger partial charge in [0.15, 0.2) is 9.84 Å². The molecule has 110 valence electrons. The van der Waals surface area contributed by atoms with E-state index in [1.54, 1.807) is 12.1 Å². The predicted octanol–water partition coefficient (Wildman–Crippen LogP) is 3.15. The second-order valence-corrected chi connectivity index (χ2v) is 6.10. The van der Waals surface area contributed by atoms with Crippen molar-refractivity contribution in [2.45, 2.75) is 4.90 Å². The topological polar surface area (TPSA) is 107 Å². The molecule has 2 aromatic carbocycles. The fourth-order valence-electron chi connectivity index (χ4n) is 1.99. The molecule has 0 aliphatic heterocycles. The maximum absolute atomic E-state index is 12.0. The molecule has 0 radical (unpaired) electrons. The van der Waals surface area contributed by atoms with Crippen molar-refractivity contribution in [2.75, 3.05) is 19.0 Å². The van der Waals surface area contributed by atoms with E-state index in [0.717, 1.165) is 21.9 Å². The molecule has 0 aliphatic carbocycles. The summed E-state index contributed by atoms with van der Waals surface area (Å²) in [6, 6.07) is 10.9. The van der Waals surface area contributed by atoms with Gasteiger partial charge in [0.25, 0.3) is 0 Å². The highest BCUT2D eigenvalue weighted by molar-refractivity contribution is 7.94. The van der Waals surface area contributed by atoms with Crippen LogP contribution in [0.15, 0.2) is 53.3 Å². The highest BCUT2D eigenvalue weighted by Gasteiger charge is 2.14. The van der Waals surface area contributed by atoms with Gasteiger partial charge in [-0.05, 0) is 12.1 Å². The van der Waals surface area contributed by atoms with Gasteiger partial charge in [-0.2, -0.15) is 0 Å². The van der Waals surface area contributed by atoms with Crippen LogP contribution in [0.1, 0.15) is 0 Å². The van der Waals surface area contributed by atoms with Gasteiger partial charge in [0, 0.05) is 36.0 Å². The van der Waals surface area contributed by atoms with Crippen molar-refractivity contribution >= 4 is 26.3 Å². The SMILES string of the molecule is C=CS(=O)(=O)c1cccc2c(N(C)C)cccc12.N.N. The average Bonchev–Trinajstić information content (AvgIpc) is 2.37. The molecule has 5 nitrogen and oxygen atoms in total. The zero-order valence-electron chi connectivity index (χ0n) is 11.8. The highest BCUT2D eigenvalue weighted by Crippen LogP contribution is 2.30. The number of anilines is 1. The molecule has 0 fully saturated rings. The van der Waals surface area contributed by atoms with Crippen LogP contribution in [-0.4, -0.2) is 22.5 Å². The van der Waals surface area contributed by atoms with Gasteiger partial charge in [-0.3, -0.25) is 0 Å². The van der Waals surface area contributed by atoms with Crippen LogP contribution in [0.5, 0.6) is 0 Å². The van der Waals surface area contributed by atoms with Gasteiger partial charge in [0.05, 0.1) is 4.90 Å². The molecule has 0 bridgehead atoms. The number of hydrogen-bond donors (Lipinski definition) is 2. The number of rotatable bonds is 3. The Kier molecular flexibility index (Phi) is 5.90. The van der Waals surface area contributed by atoms with Crippen LogP contribution in [0.2, 0.25) is 0 Å². The highest BCUT2D eigenvalue weighted by atomic mass is 32.2. The number of hydrogen-bond acceptors (Lipinski definition) is 5. The van der Waals surface area contributed by atoms with E-state index in [1.165, 1.54) is 0 Å². The van der Waals surface area contributed by atoms with Crippen LogP contribution in [0, 0.1) is 0 Å². The molecule has 0 atom stereocenters. The van der Waals surface area contributed by atoms with Crippen LogP contribution >= 0.6 is 0 Å². The van der Waals surface area contributed by atoms with Gasteiger partial charge >= 0.3 is 0 Å². The van der Waals surface area contributed by atoms with E-state index in [-0.39, 0.29) is 12.3 Å². The third-order valence-electron chi connectivity index (χ3n) is 2.87. The quantitative estimate of drug-likeness (QED) is 0.904. The van der Waals surface area contributed by atoms with Gasteiger partial charge in [-0.15, -0.1) is 0 Å². The summed E-state index contributed by atoms with van der Waals surface area (Å²) >= 11 is 0. The summed E-state index contributed by atoms with van der Waals surface area (Å²) in [6.07, 6.45) is 0. The van der Waals surface area contributed by atoms with E-state index >= 15 is 0 Å². The van der Waals surface area contributed by atoms with Gasteiger partial charge in [0.2, 0.25) is 0 Å². The molecule has 20 heavy (non-hydrogen) atoms.